The minimum absolute atomic E-state index is 0.00404. The molecule has 4 heteroatoms. The standard InChI is InChI=1S/C19H22N2O2/c1-13(20-14(2)22)19(23)21-12-6-11-18(21)17-10-5-8-15-7-3-4-9-16(15)17/h3-5,7-10,13,18H,6,11-12H2,1-2H3,(H,20,22)/t13-,18-/m0/s1. The van der Waals surface area contributed by atoms with Crippen LogP contribution in [0.2, 0.25) is 0 Å². The molecular weight excluding hydrogens is 288 g/mol. The predicted molar refractivity (Wildman–Crippen MR) is 90.9 cm³/mol. The SMILES string of the molecule is CC(=O)N[C@@H](C)C(=O)N1CCC[C@H]1c1cccc2ccccc12. The molecule has 1 aliphatic heterocycles. The summed E-state index contributed by atoms with van der Waals surface area (Å²) in [6.07, 6.45) is 1.96. The molecule has 0 spiro atoms. The number of hydrogen-bond acceptors (Lipinski definition) is 2. The minimum atomic E-state index is -0.483. The molecule has 0 radical (unpaired) electrons. The molecule has 1 aliphatic rings. The lowest BCUT2D eigenvalue weighted by molar-refractivity contribution is -0.136. The van der Waals surface area contributed by atoms with Crippen LogP contribution in [0.1, 0.15) is 38.3 Å². The van der Waals surface area contributed by atoms with Crippen molar-refractivity contribution in [2.75, 3.05) is 6.54 Å². The van der Waals surface area contributed by atoms with E-state index in [0.29, 0.717) is 0 Å². The smallest absolute Gasteiger partial charge is 0.245 e. The van der Waals surface area contributed by atoms with Crippen molar-refractivity contribution in [2.24, 2.45) is 0 Å². The summed E-state index contributed by atoms with van der Waals surface area (Å²) in [6, 6.07) is 14.1. The summed E-state index contributed by atoms with van der Waals surface area (Å²) in [7, 11) is 0. The molecule has 0 aromatic heterocycles. The van der Waals surface area contributed by atoms with Crippen LogP contribution in [0.4, 0.5) is 0 Å². The molecule has 0 saturated carbocycles. The van der Waals surface area contributed by atoms with Crippen LogP contribution in [-0.2, 0) is 9.59 Å². The summed E-state index contributed by atoms with van der Waals surface area (Å²) < 4.78 is 0. The van der Waals surface area contributed by atoms with E-state index in [1.807, 2.05) is 17.0 Å². The van der Waals surface area contributed by atoms with E-state index >= 15 is 0 Å². The van der Waals surface area contributed by atoms with Crippen molar-refractivity contribution in [3.63, 3.8) is 0 Å². The highest BCUT2D eigenvalue weighted by molar-refractivity contribution is 5.89. The van der Waals surface area contributed by atoms with E-state index in [1.54, 1.807) is 6.92 Å². The highest BCUT2D eigenvalue weighted by Crippen LogP contribution is 2.36. The summed E-state index contributed by atoms with van der Waals surface area (Å²) in [4.78, 5) is 25.8. The van der Waals surface area contributed by atoms with Gasteiger partial charge < -0.3 is 10.2 Å². The van der Waals surface area contributed by atoms with Gasteiger partial charge >= 0.3 is 0 Å². The van der Waals surface area contributed by atoms with Gasteiger partial charge in [0.05, 0.1) is 6.04 Å². The Balaban J connectivity index is 1.92. The average molecular weight is 310 g/mol. The first-order valence-corrected chi connectivity index (χ1v) is 8.13. The Kier molecular flexibility index (Phi) is 4.33. The number of benzene rings is 2. The molecule has 2 atom stereocenters. The van der Waals surface area contributed by atoms with Crippen molar-refractivity contribution < 1.29 is 9.59 Å². The molecule has 2 amide bonds. The molecule has 2 aromatic rings. The van der Waals surface area contributed by atoms with Gasteiger partial charge in [-0.15, -0.1) is 0 Å². The second-order valence-corrected chi connectivity index (χ2v) is 6.18. The molecular formula is C19H22N2O2. The average Bonchev–Trinajstić information content (AvgIpc) is 3.02. The van der Waals surface area contributed by atoms with Crippen molar-refractivity contribution >= 4 is 22.6 Å². The summed E-state index contributed by atoms with van der Waals surface area (Å²) >= 11 is 0. The first kappa shape index (κ1) is 15.5. The number of amides is 2. The second-order valence-electron chi connectivity index (χ2n) is 6.18. The maximum absolute atomic E-state index is 12.7. The lowest BCUT2D eigenvalue weighted by Gasteiger charge is -2.28. The monoisotopic (exact) mass is 310 g/mol. The van der Waals surface area contributed by atoms with Gasteiger partial charge in [-0.3, -0.25) is 9.59 Å². The molecule has 1 N–H and O–H groups in total. The van der Waals surface area contributed by atoms with Gasteiger partial charge in [0.2, 0.25) is 11.8 Å². The molecule has 1 fully saturated rings. The third kappa shape index (κ3) is 3.07. The number of nitrogens with zero attached hydrogens (tertiary/aromatic N) is 1. The molecule has 1 saturated heterocycles. The van der Waals surface area contributed by atoms with Crippen LogP contribution < -0.4 is 5.32 Å². The number of carbonyl (C=O) groups excluding carboxylic acids is 2. The van der Waals surface area contributed by atoms with Gasteiger partial charge in [-0.25, -0.2) is 0 Å². The Labute approximate surface area is 136 Å². The van der Waals surface area contributed by atoms with Crippen LogP contribution in [0, 0.1) is 0 Å². The predicted octanol–water partition coefficient (Wildman–Crippen LogP) is 3.03. The molecule has 4 nitrogen and oxygen atoms in total. The molecule has 1 heterocycles. The van der Waals surface area contributed by atoms with Gasteiger partial charge in [-0.05, 0) is 36.1 Å². The Hall–Kier alpha value is -2.36. The van der Waals surface area contributed by atoms with E-state index in [1.165, 1.54) is 23.3 Å². The lowest BCUT2D eigenvalue weighted by atomic mass is 9.97. The number of likely N-dealkylation sites (tertiary alicyclic amines) is 1. The van der Waals surface area contributed by atoms with Gasteiger partial charge in [0.25, 0.3) is 0 Å². The van der Waals surface area contributed by atoms with Crippen molar-refractivity contribution in [3.05, 3.63) is 48.0 Å². The van der Waals surface area contributed by atoms with E-state index in [9.17, 15) is 9.59 Å². The zero-order valence-electron chi connectivity index (χ0n) is 13.6. The summed E-state index contributed by atoms with van der Waals surface area (Å²) in [5, 5.41) is 5.09. The van der Waals surface area contributed by atoms with Gasteiger partial charge in [0, 0.05) is 13.5 Å². The second kappa shape index (κ2) is 6.41. The van der Waals surface area contributed by atoms with Crippen LogP contribution in [0.25, 0.3) is 10.8 Å². The topological polar surface area (TPSA) is 49.4 Å². The van der Waals surface area contributed by atoms with Crippen molar-refractivity contribution in [1.82, 2.24) is 10.2 Å². The highest BCUT2D eigenvalue weighted by Gasteiger charge is 2.33. The van der Waals surface area contributed by atoms with E-state index in [2.05, 4.69) is 35.6 Å². The summed E-state index contributed by atoms with van der Waals surface area (Å²) in [5.74, 6) is -0.178. The molecule has 120 valence electrons. The van der Waals surface area contributed by atoms with Gasteiger partial charge in [0.15, 0.2) is 0 Å². The van der Waals surface area contributed by atoms with Crippen molar-refractivity contribution in [1.29, 1.82) is 0 Å². The molecule has 0 unspecified atom stereocenters. The Morgan fingerprint density at radius 3 is 2.70 bits per heavy atom. The molecule has 23 heavy (non-hydrogen) atoms. The van der Waals surface area contributed by atoms with E-state index in [0.717, 1.165) is 19.4 Å². The highest BCUT2D eigenvalue weighted by atomic mass is 16.2. The van der Waals surface area contributed by atoms with Gasteiger partial charge in [0.1, 0.15) is 6.04 Å². The van der Waals surface area contributed by atoms with Crippen LogP contribution in [0.5, 0.6) is 0 Å². The lowest BCUT2D eigenvalue weighted by Crippen LogP contribution is -2.46. The van der Waals surface area contributed by atoms with E-state index < -0.39 is 6.04 Å². The summed E-state index contributed by atoms with van der Waals surface area (Å²) in [5.41, 5.74) is 1.20. The van der Waals surface area contributed by atoms with E-state index in [4.69, 9.17) is 0 Å². The van der Waals surface area contributed by atoms with Crippen LogP contribution in [0.15, 0.2) is 42.5 Å². The first-order valence-electron chi connectivity index (χ1n) is 8.13. The van der Waals surface area contributed by atoms with Crippen LogP contribution in [-0.4, -0.2) is 29.3 Å². The Bertz CT molecular complexity index is 736. The molecule has 0 aliphatic carbocycles. The fourth-order valence-electron chi connectivity index (χ4n) is 3.51. The van der Waals surface area contributed by atoms with Crippen LogP contribution >= 0.6 is 0 Å². The third-order valence-electron chi connectivity index (χ3n) is 4.51. The van der Waals surface area contributed by atoms with Crippen LogP contribution in [0.3, 0.4) is 0 Å². The summed E-state index contributed by atoms with van der Waals surface area (Å²) in [6.45, 7) is 3.94. The number of nitrogens with one attached hydrogen (secondary N) is 1. The fraction of sp³-hybridized carbons (Fsp3) is 0.368. The van der Waals surface area contributed by atoms with Gasteiger partial charge in [-0.1, -0.05) is 42.5 Å². The maximum Gasteiger partial charge on any atom is 0.245 e. The molecule has 3 rings (SSSR count). The third-order valence-corrected chi connectivity index (χ3v) is 4.51. The number of fused-ring (bicyclic) bond motifs is 1. The minimum Gasteiger partial charge on any atom is -0.345 e. The fourth-order valence-corrected chi connectivity index (χ4v) is 3.51. The zero-order valence-corrected chi connectivity index (χ0v) is 13.6. The van der Waals surface area contributed by atoms with E-state index in [-0.39, 0.29) is 17.9 Å². The van der Waals surface area contributed by atoms with Gasteiger partial charge in [-0.2, -0.15) is 0 Å². The Morgan fingerprint density at radius 1 is 1.17 bits per heavy atom. The van der Waals surface area contributed by atoms with Crippen molar-refractivity contribution in [3.8, 4) is 0 Å². The Morgan fingerprint density at radius 2 is 1.91 bits per heavy atom. The number of rotatable bonds is 3. The molecule has 0 bridgehead atoms. The maximum atomic E-state index is 12.7. The largest absolute Gasteiger partial charge is 0.345 e. The molecule has 2 aromatic carbocycles. The number of carbonyl (C=O) groups is 2. The normalized spacial score (nSPS) is 18.9. The zero-order chi connectivity index (χ0) is 16.4. The van der Waals surface area contributed by atoms with Crippen molar-refractivity contribution in [2.45, 2.75) is 38.8 Å². The quantitative estimate of drug-likeness (QED) is 0.947. The first-order chi connectivity index (χ1) is 11.1. The number of hydrogen-bond donors (Lipinski definition) is 1.